The molecule has 1 saturated carbocycles. The predicted molar refractivity (Wildman–Crippen MR) is 77.6 cm³/mol. The topological polar surface area (TPSA) is 0 Å². The van der Waals surface area contributed by atoms with Crippen LogP contribution in [0.1, 0.15) is 35.1 Å². The fourth-order valence-electron chi connectivity index (χ4n) is 2.55. The highest BCUT2D eigenvalue weighted by atomic mass is 14.3. The third-order valence-corrected chi connectivity index (χ3v) is 3.68. The zero-order valence-electron chi connectivity index (χ0n) is 11.0. The van der Waals surface area contributed by atoms with Gasteiger partial charge in [0.25, 0.3) is 0 Å². The van der Waals surface area contributed by atoms with Gasteiger partial charge in [0.2, 0.25) is 0 Å². The van der Waals surface area contributed by atoms with Gasteiger partial charge < -0.3 is 0 Å². The minimum Gasteiger partial charge on any atom is -0.0620 e. The van der Waals surface area contributed by atoms with E-state index < -0.39 is 0 Å². The van der Waals surface area contributed by atoms with E-state index in [-0.39, 0.29) is 0 Å². The summed E-state index contributed by atoms with van der Waals surface area (Å²) in [6, 6.07) is 17.4. The molecule has 0 N–H and O–H groups in total. The van der Waals surface area contributed by atoms with E-state index in [1.165, 1.54) is 40.7 Å². The Bertz CT molecular complexity index is 564. The molecule has 0 unspecified atom stereocenters. The van der Waals surface area contributed by atoms with Crippen molar-refractivity contribution in [3.05, 3.63) is 76.4 Å². The first-order valence-electron chi connectivity index (χ1n) is 6.61. The molecule has 0 amide bonds. The van der Waals surface area contributed by atoms with Crippen LogP contribution in [0.4, 0.5) is 0 Å². The molecule has 0 nitrogen and oxygen atoms in total. The molecule has 0 atom stereocenters. The minimum atomic E-state index is 1.26. The highest BCUT2D eigenvalue weighted by Crippen LogP contribution is 2.41. The Hall–Kier alpha value is -1.82. The van der Waals surface area contributed by atoms with Crippen molar-refractivity contribution < 1.29 is 0 Å². The fraction of sp³-hybridized carbons (Fsp3) is 0.222. The average Bonchev–Trinajstić information content (AvgIpc) is 3.19. The molecule has 0 spiro atoms. The van der Waals surface area contributed by atoms with Crippen molar-refractivity contribution in [1.29, 1.82) is 0 Å². The van der Waals surface area contributed by atoms with Crippen LogP contribution in [0.15, 0.2) is 54.1 Å². The van der Waals surface area contributed by atoms with Gasteiger partial charge in [-0.25, -0.2) is 0 Å². The maximum atomic E-state index is 2.25. The quantitative estimate of drug-likeness (QED) is 0.693. The molecule has 1 aliphatic rings. The second-order valence-electron chi connectivity index (χ2n) is 5.11. The first-order chi connectivity index (χ1) is 8.77. The summed E-state index contributed by atoms with van der Waals surface area (Å²) in [5.41, 5.74) is 8.63. The molecule has 0 aromatic heterocycles. The third kappa shape index (κ3) is 1.99. The highest BCUT2D eigenvalue weighted by Gasteiger charge is 2.21. The Labute approximate surface area is 109 Å². The van der Waals surface area contributed by atoms with Crippen LogP contribution in [0.5, 0.6) is 0 Å². The van der Waals surface area contributed by atoms with Crippen LogP contribution in [0.25, 0.3) is 5.57 Å². The van der Waals surface area contributed by atoms with E-state index in [2.05, 4.69) is 62.4 Å². The standard InChI is InChI=1S/C18H18/c1-13-7-3-5-9-16(13)18(15-11-12-15)17-10-6-4-8-14(17)2/h3-10H,11-12H2,1-2H3. The normalized spacial score (nSPS) is 13.6. The van der Waals surface area contributed by atoms with Crippen LogP contribution in [-0.4, -0.2) is 0 Å². The van der Waals surface area contributed by atoms with Crippen molar-refractivity contribution in [2.45, 2.75) is 26.7 Å². The smallest absolute Gasteiger partial charge is 0.0114 e. The van der Waals surface area contributed by atoms with E-state index >= 15 is 0 Å². The van der Waals surface area contributed by atoms with E-state index in [0.717, 1.165) is 0 Å². The lowest BCUT2D eigenvalue weighted by molar-refractivity contribution is 1.37. The molecule has 3 rings (SSSR count). The van der Waals surface area contributed by atoms with Crippen LogP contribution < -0.4 is 0 Å². The van der Waals surface area contributed by atoms with E-state index in [0.29, 0.717) is 0 Å². The van der Waals surface area contributed by atoms with Crippen LogP contribution in [0.2, 0.25) is 0 Å². The maximum Gasteiger partial charge on any atom is -0.0114 e. The summed E-state index contributed by atoms with van der Waals surface area (Å²) in [4.78, 5) is 0. The predicted octanol–water partition coefficient (Wildman–Crippen LogP) is 4.90. The van der Waals surface area contributed by atoms with Gasteiger partial charge in [-0.1, -0.05) is 54.1 Å². The van der Waals surface area contributed by atoms with Crippen molar-refractivity contribution in [2.24, 2.45) is 0 Å². The summed E-state index contributed by atoms with van der Waals surface area (Å²) in [6.45, 7) is 4.41. The molecule has 0 heteroatoms. The van der Waals surface area contributed by atoms with Gasteiger partial charge in [-0.3, -0.25) is 0 Å². The maximum absolute atomic E-state index is 2.25. The summed E-state index contributed by atoms with van der Waals surface area (Å²) >= 11 is 0. The first kappa shape index (κ1) is 11.3. The molecule has 0 saturated heterocycles. The van der Waals surface area contributed by atoms with Crippen LogP contribution in [0, 0.1) is 13.8 Å². The summed E-state index contributed by atoms with van der Waals surface area (Å²) in [5, 5.41) is 0. The Morgan fingerprint density at radius 2 is 1.17 bits per heavy atom. The van der Waals surface area contributed by atoms with Crippen molar-refractivity contribution in [3.63, 3.8) is 0 Å². The van der Waals surface area contributed by atoms with Crippen molar-refractivity contribution in [3.8, 4) is 0 Å². The molecule has 0 heterocycles. The second kappa shape index (κ2) is 4.45. The number of hydrogen-bond acceptors (Lipinski definition) is 0. The van der Waals surface area contributed by atoms with Gasteiger partial charge in [0.1, 0.15) is 0 Å². The zero-order chi connectivity index (χ0) is 12.5. The molecule has 1 fully saturated rings. The molecule has 0 aliphatic heterocycles. The molecule has 0 bridgehead atoms. The van der Waals surface area contributed by atoms with Gasteiger partial charge in [-0.05, 0) is 54.5 Å². The fourth-order valence-corrected chi connectivity index (χ4v) is 2.55. The summed E-state index contributed by atoms with van der Waals surface area (Å²) < 4.78 is 0. The van der Waals surface area contributed by atoms with Gasteiger partial charge in [-0.15, -0.1) is 0 Å². The second-order valence-corrected chi connectivity index (χ2v) is 5.11. The Balaban J connectivity index is 2.21. The number of rotatable bonds is 2. The number of allylic oxidation sites excluding steroid dienone is 1. The number of hydrogen-bond donors (Lipinski definition) is 0. The van der Waals surface area contributed by atoms with Gasteiger partial charge in [0, 0.05) is 0 Å². The number of benzene rings is 2. The van der Waals surface area contributed by atoms with Gasteiger partial charge in [0.05, 0.1) is 0 Å². The highest BCUT2D eigenvalue weighted by molar-refractivity contribution is 5.86. The van der Waals surface area contributed by atoms with Crippen LogP contribution in [0.3, 0.4) is 0 Å². The van der Waals surface area contributed by atoms with Crippen LogP contribution >= 0.6 is 0 Å². The zero-order valence-corrected chi connectivity index (χ0v) is 11.0. The molecular weight excluding hydrogens is 216 g/mol. The molecule has 90 valence electrons. The lowest BCUT2D eigenvalue weighted by atomic mass is 9.91. The monoisotopic (exact) mass is 234 g/mol. The largest absolute Gasteiger partial charge is 0.0620 e. The van der Waals surface area contributed by atoms with E-state index in [9.17, 15) is 0 Å². The van der Waals surface area contributed by atoms with E-state index in [1.807, 2.05) is 0 Å². The SMILES string of the molecule is Cc1ccccc1C(=C1CC1)c1ccccc1C. The minimum absolute atomic E-state index is 1.26. The Morgan fingerprint density at radius 3 is 1.56 bits per heavy atom. The lowest BCUT2D eigenvalue weighted by Crippen LogP contribution is -1.94. The Morgan fingerprint density at radius 1 is 0.722 bits per heavy atom. The summed E-state index contributed by atoms with van der Waals surface area (Å²) in [6.07, 6.45) is 2.52. The summed E-state index contributed by atoms with van der Waals surface area (Å²) in [7, 11) is 0. The van der Waals surface area contributed by atoms with Crippen molar-refractivity contribution >= 4 is 5.57 Å². The van der Waals surface area contributed by atoms with Crippen LogP contribution in [-0.2, 0) is 0 Å². The van der Waals surface area contributed by atoms with Crippen molar-refractivity contribution in [2.75, 3.05) is 0 Å². The van der Waals surface area contributed by atoms with Gasteiger partial charge in [-0.2, -0.15) is 0 Å². The van der Waals surface area contributed by atoms with E-state index in [4.69, 9.17) is 0 Å². The lowest BCUT2D eigenvalue weighted by Gasteiger charge is -2.13. The Kier molecular flexibility index (Phi) is 2.79. The first-order valence-corrected chi connectivity index (χ1v) is 6.61. The molecule has 1 aliphatic carbocycles. The average molecular weight is 234 g/mol. The van der Waals surface area contributed by atoms with Gasteiger partial charge in [0.15, 0.2) is 0 Å². The van der Waals surface area contributed by atoms with Crippen molar-refractivity contribution in [1.82, 2.24) is 0 Å². The molecule has 2 aromatic rings. The molecule has 2 aromatic carbocycles. The van der Waals surface area contributed by atoms with Gasteiger partial charge >= 0.3 is 0 Å². The molecule has 18 heavy (non-hydrogen) atoms. The third-order valence-electron chi connectivity index (χ3n) is 3.68. The number of aryl methyl sites for hydroxylation is 2. The van der Waals surface area contributed by atoms with E-state index in [1.54, 1.807) is 5.57 Å². The molecular formula is C18H18. The summed E-state index contributed by atoms with van der Waals surface area (Å²) in [5.74, 6) is 0. The molecule has 0 radical (unpaired) electrons.